The molecule has 176 valence electrons. The van der Waals surface area contributed by atoms with Crippen LogP contribution in [0.3, 0.4) is 0 Å². The molecule has 4 rings (SSSR count). The van der Waals surface area contributed by atoms with Crippen molar-refractivity contribution < 1.29 is 22.3 Å². The maximum atomic E-state index is 13.7. The molecular formula is C22H25FN4O4S2. The Morgan fingerprint density at radius 1 is 1.15 bits per heavy atom. The zero-order valence-corrected chi connectivity index (χ0v) is 20.0. The van der Waals surface area contributed by atoms with Crippen LogP contribution in [0.15, 0.2) is 47.4 Å². The van der Waals surface area contributed by atoms with Crippen LogP contribution in [0.5, 0.6) is 0 Å². The van der Waals surface area contributed by atoms with Gasteiger partial charge in [-0.05, 0) is 42.5 Å². The van der Waals surface area contributed by atoms with Gasteiger partial charge < -0.3 is 4.74 Å². The lowest BCUT2D eigenvalue weighted by atomic mass is 10.2. The van der Waals surface area contributed by atoms with Gasteiger partial charge >= 0.3 is 0 Å². The summed E-state index contributed by atoms with van der Waals surface area (Å²) in [6.45, 7) is 3.88. The molecule has 33 heavy (non-hydrogen) atoms. The minimum Gasteiger partial charge on any atom is -0.379 e. The Morgan fingerprint density at radius 2 is 1.85 bits per heavy atom. The SMILES string of the molecule is CN(C)S(=O)(=O)c1ccc(C(=O)N(CCN2CCOCC2)c2nc3ccc(F)cc3s2)cc1. The third-order valence-electron chi connectivity index (χ3n) is 5.44. The summed E-state index contributed by atoms with van der Waals surface area (Å²) < 4.78 is 45.5. The average molecular weight is 493 g/mol. The highest BCUT2D eigenvalue weighted by atomic mass is 32.2. The van der Waals surface area contributed by atoms with E-state index in [1.165, 1.54) is 61.8 Å². The number of carbonyl (C=O) groups excluding carboxylic acids is 1. The summed E-state index contributed by atoms with van der Waals surface area (Å²) in [7, 11) is -0.682. The largest absolute Gasteiger partial charge is 0.379 e. The van der Waals surface area contributed by atoms with Crippen molar-refractivity contribution >= 4 is 42.6 Å². The highest BCUT2D eigenvalue weighted by molar-refractivity contribution is 7.89. The second-order valence-corrected chi connectivity index (χ2v) is 11.0. The fourth-order valence-corrected chi connectivity index (χ4v) is 5.40. The number of nitrogens with zero attached hydrogens (tertiary/aromatic N) is 4. The van der Waals surface area contributed by atoms with Crippen LogP contribution >= 0.6 is 11.3 Å². The van der Waals surface area contributed by atoms with Crippen LogP contribution in [0.1, 0.15) is 10.4 Å². The molecule has 0 N–H and O–H groups in total. The number of morpholine rings is 1. The number of ether oxygens (including phenoxy) is 1. The molecule has 8 nitrogen and oxygen atoms in total. The highest BCUT2D eigenvalue weighted by Gasteiger charge is 2.24. The molecule has 3 aromatic rings. The Kier molecular flexibility index (Phi) is 7.05. The van der Waals surface area contributed by atoms with E-state index in [0.29, 0.717) is 47.2 Å². The summed E-state index contributed by atoms with van der Waals surface area (Å²) in [5, 5.41) is 0.471. The zero-order valence-electron chi connectivity index (χ0n) is 18.4. The maximum absolute atomic E-state index is 13.7. The van der Waals surface area contributed by atoms with Gasteiger partial charge in [-0.15, -0.1) is 0 Å². The van der Waals surface area contributed by atoms with Gasteiger partial charge in [0.25, 0.3) is 5.91 Å². The van der Waals surface area contributed by atoms with Crippen LogP contribution in [0.2, 0.25) is 0 Å². The first kappa shape index (κ1) is 23.7. The first-order valence-electron chi connectivity index (χ1n) is 10.5. The number of hydrogen-bond acceptors (Lipinski definition) is 7. The Balaban J connectivity index is 1.63. The van der Waals surface area contributed by atoms with E-state index in [1.54, 1.807) is 11.0 Å². The number of amides is 1. The fraction of sp³-hybridized carbons (Fsp3) is 0.364. The molecule has 2 heterocycles. The first-order chi connectivity index (χ1) is 15.8. The van der Waals surface area contributed by atoms with Crippen molar-refractivity contribution in [3.05, 3.63) is 53.8 Å². The number of halogens is 1. The Morgan fingerprint density at radius 3 is 2.52 bits per heavy atom. The van der Waals surface area contributed by atoms with Crippen molar-refractivity contribution in [3.8, 4) is 0 Å². The number of fused-ring (bicyclic) bond motifs is 1. The molecule has 1 aromatic heterocycles. The van der Waals surface area contributed by atoms with Gasteiger partial charge in [-0.3, -0.25) is 14.6 Å². The first-order valence-corrected chi connectivity index (χ1v) is 12.7. The molecule has 0 bridgehead atoms. The minimum absolute atomic E-state index is 0.111. The van der Waals surface area contributed by atoms with Gasteiger partial charge in [-0.2, -0.15) is 0 Å². The van der Waals surface area contributed by atoms with Crippen LogP contribution in [0.25, 0.3) is 10.2 Å². The Hall–Kier alpha value is -2.44. The van der Waals surface area contributed by atoms with Crippen molar-refractivity contribution in [2.45, 2.75) is 4.90 Å². The monoisotopic (exact) mass is 492 g/mol. The third-order valence-corrected chi connectivity index (χ3v) is 8.31. The van der Waals surface area contributed by atoms with E-state index >= 15 is 0 Å². The molecule has 1 amide bonds. The van der Waals surface area contributed by atoms with Crippen molar-refractivity contribution in [2.75, 3.05) is 58.4 Å². The van der Waals surface area contributed by atoms with Gasteiger partial charge in [0.15, 0.2) is 5.13 Å². The molecule has 0 spiro atoms. The van der Waals surface area contributed by atoms with Crippen LogP contribution in [-0.4, -0.2) is 82.0 Å². The Labute approximate surface area is 196 Å². The number of thiazole rings is 1. The van der Waals surface area contributed by atoms with Gasteiger partial charge in [-0.1, -0.05) is 11.3 Å². The molecule has 0 atom stereocenters. The fourth-order valence-electron chi connectivity index (χ4n) is 3.49. The van der Waals surface area contributed by atoms with Crippen LogP contribution < -0.4 is 4.90 Å². The number of carbonyl (C=O) groups is 1. The van der Waals surface area contributed by atoms with Crippen molar-refractivity contribution in [1.29, 1.82) is 0 Å². The molecule has 1 fully saturated rings. The molecular weight excluding hydrogens is 467 g/mol. The van der Waals surface area contributed by atoms with E-state index in [-0.39, 0.29) is 16.6 Å². The molecule has 2 aromatic carbocycles. The summed E-state index contributed by atoms with van der Waals surface area (Å²) in [6, 6.07) is 10.2. The zero-order chi connectivity index (χ0) is 23.6. The van der Waals surface area contributed by atoms with E-state index < -0.39 is 10.0 Å². The van der Waals surface area contributed by atoms with Crippen molar-refractivity contribution in [1.82, 2.24) is 14.2 Å². The summed E-state index contributed by atoms with van der Waals surface area (Å²) in [5.74, 6) is -0.654. The van der Waals surface area contributed by atoms with E-state index in [2.05, 4.69) is 9.88 Å². The van der Waals surface area contributed by atoms with Gasteiger partial charge in [0, 0.05) is 45.8 Å². The van der Waals surface area contributed by atoms with Crippen LogP contribution in [0, 0.1) is 5.82 Å². The van der Waals surface area contributed by atoms with E-state index in [9.17, 15) is 17.6 Å². The second-order valence-electron chi connectivity index (χ2n) is 7.83. The number of benzene rings is 2. The second kappa shape index (κ2) is 9.82. The van der Waals surface area contributed by atoms with Crippen LogP contribution in [0.4, 0.5) is 9.52 Å². The summed E-state index contributed by atoms with van der Waals surface area (Å²) >= 11 is 1.25. The number of sulfonamides is 1. The lowest BCUT2D eigenvalue weighted by Crippen LogP contribution is -2.43. The van der Waals surface area contributed by atoms with E-state index in [1.807, 2.05) is 0 Å². The average Bonchev–Trinajstić information content (AvgIpc) is 3.22. The summed E-state index contributed by atoms with van der Waals surface area (Å²) in [6.07, 6.45) is 0. The number of anilines is 1. The Bertz CT molecular complexity index is 1240. The van der Waals surface area contributed by atoms with Crippen LogP contribution in [-0.2, 0) is 14.8 Å². The maximum Gasteiger partial charge on any atom is 0.260 e. The molecule has 1 aliphatic rings. The quantitative estimate of drug-likeness (QED) is 0.504. The minimum atomic E-state index is -3.59. The standard InChI is InChI=1S/C22H25FN4O4S2/c1-25(2)33(29,30)18-6-3-16(4-7-18)21(28)27(10-9-26-11-13-31-14-12-26)22-24-19-8-5-17(23)15-20(19)32-22/h3-8,15H,9-14H2,1-2H3. The number of hydrogen-bond donors (Lipinski definition) is 0. The number of rotatable bonds is 7. The third kappa shape index (κ3) is 5.22. The predicted molar refractivity (Wildman–Crippen MR) is 126 cm³/mol. The van der Waals surface area contributed by atoms with Gasteiger partial charge in [0.2, 0.25) is 10.0 Å². The van der Waals surface area contributed by atoms with E-state index in [0.717, 1.165) is 17.4 Å². The van der Waals surface area contributed by atoms with Crippen molar-refractivity contribution in [3.63, 3.8) is 0 Å². The summed E-state index contributed by atoms with van der Waals surface area (Å²) in [5.41, 5.74) is 0.966. The highest BCUT2D eigenvalue weighted by Crippen LogP contribution is 2.30. The molecule has 0 unspecified atom stereocenters. The molecule has 0 saturated carbocycles. The topological polar surface area (TPSA) is 83.1 Å². The van der Waals surface area contributed by atoms with Gasteiger partial charge in [0.1, 0.15) is 5.82 Å². The molecule has 11 heteroatoms. The molecule has 1 aliphatic heterocycles. The smallest absolute Gasteiger partial charge is 0.260 e. The molecule has 1 saturated heterocycles. The van der Waals surface area contributed by atoms with E-state index in [4.69, 9.17) is 4.74 Å². The normalized spacial score (nSPS) is 15.3. The van der Waals surface area contributed by atoms with Crippen molar-refractivity contribution in [2.24, 2.45) is 0 Å². The lowest BCUT2D eigenvalue weighted by molar-refractivity contribution is 0.0391. The lowest BCUT2D eigenvalue weighted by Gasteiger charge is -2.29. The predicted octanol–water partition coefficient (Wildman–Crippen LogP) is 2.66. The molecule has 0 radical (unpaired) electrons. The number of aromatic nitrogens is 1. The van der Waals surface area contributed by atoms with Gasteiger partial charge in [-0.25, -0.2) is 22.1 Å². The molecule has 0 aliphatic carbocycles. The summed E-state index contributed by atoms with van der Waals surface area (Å²) in [4.78, 5) is 21.9. The van der Waals surface area contributed by atoms with Gasteiger partial charge in [0.05, 0.1) is 28.3 Å².